The van der Waals surface area contributed by atoms with Gasteiger partial charge in [-0.25, -0.2) is 4.79 Å². The van der Waals surface area contributed by atoms with Crippen LogP contribution >= 0.6 is 0 Å². The SMILES string of the molecule is C=C(C)C(=O)OC1(C)C2CC3CC1C1CC1(C3)C2. The Hall–Kier alpha value is -0.790. The number of esters is 1. The molecule has 0 aromatic rings. The van der Waals surface area contributed by atoms with E-state index in [1.807, 2.05) is 0 Å². The molecule has 0 aromatic carbocycles. The van der Waals surface area contributed by atoms with Gasteiger partial charge in [0, 0.05) is 11.5 Å². The predicted octanol–water partition coefficient (Wildman–Crippen LogP) is 3.32. The van der Waals surface area contributed by atoms with Crippen molar-refractivity contribution in [1.82, 2.24) is 0 Å². The van der Waals surface area contributed by atoms with Crippen molar-refractivity contribution in [2.45, 2.75) is 51.6 Å². The molecule has 5 saturated carbocycles. The van der Waals surface area contributed by atoms with E-state index in [-0.39, 0.29) is 11.6 Å². The van der Waals surface area contributed by atoms with Gasteiger partial charge in [-0.15, -0.1) is 0 Å². The summed E-state index contributed by atoms with van der Waals surface area (Å²) in [4.78, 5) is 11.9. The van der Waals surface area contributed by atoms with Gasteiger partial charge in [0.15, 0.2) is 0 Å². The molecule has 98 valence electrons. The minimum Gasteiger partial charge on any atom is -0.455 e. The second kappa shape index (κ2) is 3.02. The van der Waals surface area contributed by atoms with Crippen LogP contribution in [0.1, 0.15) is 46.0 Å². The van der Waals surface area contributed by atoms with E-state index in [1.165, 1.54) is 32.1 Å². The van der Waals surface area contributed by atoms with Crippen LogP contribution in [-0.2, 0) is 9.53 Å². The summed E-state index contributed by atoms with van der Waals surface area (Å²) >= 11 is 0. The molecule has 5 aliphatic carbocycles. The zero-order chi connectivity index (χ0) is 12.7. The van der Waals surface area contributed by atoms with E-state index in [2.05, 4.69) is 13.5 Å². The van der Waals surface area contributed by atoms with Crippen LogP contribution in [-0.4, -0.2) is 11.6 Å². The lowest BCUT2D eigenvalue weighted by molar-refractivity contribution is -0.201. The average Bonchev–Trinajstić information content (AvgIpc) is 2.98. The topological polar surface area (TPSA) is 26.3 Å². The monoisotopic (exact) mass is 246 g/mol. The zero-order valence-corrected chi connectivity index (χ0v) is 11.4. The third kappa shape index (κ3) is 1.17. The van der Waals surface area contributed by atoms with Crippen molar-refractivity contribution in [2.75, 3.05) is 0 Å². The maximum absolute atomic E-state index is 11.9. The number of rotatable bonds is 2. The van der Waals surface area contributed by atoms with E-state index in [9.17, 15) is 4.79 Å². The maximum atomic E-state index is 11.9. The van der Waals surface area contributed by atoms with Crippen molar-refractivity contribution >= 4 is 5.97 Å². The van der Waals surface area contributed by atoms with Gasteiger partial charge < -0.3 is 4.74 Å². The molecule has 0 amide bonds. The quantitative estimate of drug-likeness (QED) is 0.552. The molecule has 6 atom stereocenters. The van der Waals surface area contributed by atoms with E-state index >= 15 is 0 Å². The minimum absolute atomic E-state index is 0.181. The fourth-order valence-electron chi connectivity index (χ4n) is 5.66. The summed E-state index contributed by atoms with van der Waals surface area (Å²) in [6.45, 7) is 7.67. The van der Waals surface area contributed by atoms with Crippen LogP contribution in [0.15, 0.2) is 12.2 Å². The van der Waals surface area contributed by atoms with Crippen molar-refractivity contribution < 1.29 is 9.53 Å². The Balaban J connectivity index is 1.66. The van der Waals surface area contributed by atoms with Gasteiger partial charge in [-0.05, 0) is 69.1 Å². The predicted molar refractivity (Wildman–Crippen MR) is 68.8 cm³/mol. The van der Waals surface area contributed by atoms with Gasteiger partial charge in [0.05, 0.1) is 0 Å². The lowest BCUT2D eigenvalue weighted by Gasteiger charge is -2.58. The number of ether oxygens (including phenoxy) is 1. The van der Waals surface area contributed by atoms with Crippen molar-refractivity contribution in [2.24, 2.45) is 29.1 Å². The Morgan fingerprint density at radius 3 is 2.72 bits per heavy atom. The van der Waals surface area contributed by atoms with E-state index < -0.39 is 0 Å². The normalized spacial score (nSPS) is 55.0. The van der Waals surface area contributed by atoms with Crippen LogP contribution in [0.2, 0.25) is 0 Å². The molecule has 0 radical (unpaired) electrons. The van der Waals surface area contributed by atoms with Crippen molar-refractivity contribution in [3.05, 3.63) is 12.2 Å². The third-order valence-corrected chi connectivity index (χ3v) is 6.50. The summed E-state index contributed by atoms with van der Waals surface area (Å²) < 4.78 is 5.93. The van der Waals surface area contributed by atoms with Gasteiger partial charge in [0.25, 0.3) is 0 Å². The second-order valence-electron chi connectivity index (χ2n) is 7.58. The first-order chi connectivity index (χ1) is 8.44. The van der Waals surface area contributed by atoms with Crippen LogP contribution in [0, 0.1) is 29.1 Å². The van der Waals surface area contributed by atoms with Crippen LogP contribution < -0.4 is 0 Å². The van der Waals surface area contributed by atoms with Crippen molar-refractivity contribution in [1.29, 1.82) is 0 Å². The van der Waals surface area contributed by atoms with Crippen molar-refractivity contribution in [3.8, 4) is 0 Å². The Morgan fingerprint density at radius 1 is 1.22 bits per heavy atom. The average molecular weight is 246 g/mol. The maximum Gasteiger partial charge on any atom is 0.333 e. The Bertz CT molecular complexity index is 454. The first kappa shape index (κ1) is 11.1. The molecule has 5 rings (SSSR count). The zero-order valence-electron chi connectivity index (χ0n) is 11.4. The molecule has 2 nitrogen and oxygen atoms in total. The molecule has 5 fully saturated rings. The molecule has 0 heterocycles. The van der Waals surface area contributed by atoms with Crippen LogP contribution in [0.25, 0.3) is 0 Å². The number of carbonyl (C=O) groups excluding carboxylic acids is 1. The van der Waals surface area contributed by atoms with Gasteiger partial charge in [-0.3, -0.25) is 0 Å². The lowest BCUT2D eigenvalue weighted by atomic mass is 9.50. The molecular weight excluding hydrogens is 224 g/mol. The van der Waals surface area contributed by atoms with Gasteiger partial charge in [0.1, 0.15) is 5.60 Å². The molecule has 4 bridgehead atoms. The van der Waals surface area contributed by atoms with E-state index in [0.717, 1.165) is 11.8 Å². The largest absolute Gasteiger partial charge is 0.455 e. The molecule has 5 aliphatic rings. The highest BCUT2D eigenvalue weighted by molar-refractivity contribution is 5.87. The second-order valence-corrected chi connectivity index (χ2v) is 7.58. The van der Waals surface area contributed by atoms with Gasteiger partial charge in [-0.1, -0.05) is 6.58 Å². The molecule has 0 saturated heterocycles. The lowest BCUT2D eigenvalue weighted by Crippen LogP contribution is -2.58. The molecule has 0 aliphatic heterocycles. The summed E-state index contributed by atoms with van der Waals surface area (Å²) in [6.07, 6.45) is 6.76. The molecule has 6 unspecified atom stereocenters. The summed E-state index contributed by atoms with van der Waals surface area (Å²) in [6, 6.07) is 0. The first-order valence-electron chi connectivity index (χ1n) is 7.33. The molecule has 1 spiro atoms. The standard InChI is InChI=1S/C16H22O2/c1-9(2)14(17)18-15(3)11-4-10-5-12(15)13-8-16(13,6-10)7-11/h10-13H,1,4-8H2,2-3H3. The van der Waals surface area contributed by atoms with E-state index in [4.69, 9.17) is 4.74 Å². The highest BCUT2D eigenvalue weighted by Crippen LogP contribution is 2.78. The molecule has 0 aromatic heterocycles. The minimum atomic E-state index is -0.197. The number of carbonyl (C=O) groups is 1. The Kier molecular flexibility index (Phi) is 1.86. The van der Waals surface area contributed by atoms with Crippen molar-refractivity contribution in [3.63, 3.8) is 0 Å². The Morgan fingerprint density at radius 2 is 2.00 bits per heavy atom. The summed E-state index contributed by atoms with van der Waals surface area (Å²) in [5.41, 5.74) is 1.03. The third-order valence-electron chi connectivity index (χ3n) is 6.50. The molecule has 2 heteroatoms. The first-order valence-corrected chi connectivity index (χ1v) is 7.33. The number of hydrogen-bond acceptors (Lipinski definition) is 2. The van der Waals surface area contributed by atoms with Gasteiger partial charge in [-0.2, -0.15) is 0 Å². The van der Waals surface area contributed by atoms with Crippen LogP contribution in [0.5, 0.6) is 0 Å². The van der Waals surface area contributed by atoms with E-state index in [1.54, 1.807) is 6.92 Å². The highest BCUT2D eigenvalue weighted by Gasteiger charge is 2.73. The van der Waals surface area contributed by atoms with Crippen LogP contribution in [0.4, 0.5) is 0 Å². The van der Waals surface area contributed by atoms with Crippen LogP contribution in [0.3, 0.4) is 0 Å². The fraction of sp³-hybridized carbons (Fsp3) is 0.812. The summed E-state index contributed by atoms with van der Waals surface area (Å²) in [5.74, 6) is 2.83. The van der Waals surface area contributed by atoms with Gasteiger partial charge >= 0.3 is 5.97 Å². The molecular formula is C16H22O2. The van der Waals surface area contributed by atoms with E-state index in [0.29, 0.717) is 22.8 Å². The van der Waals surface area contributed by atoms with Gasteiger partial charge in [0.2, 0.25) is 0 Å². The summed E-state index contributed by atoms with van der Waals surface area (Å²) in [5, 5.41) is 0. The summed E-state index contributed by atoms with van der Waals surface area (Å²) in [7, 11) is 0. The smallest absolute Gasteiger partial charge is 0.333 e. The fourth-order valence-corrected chi connectivity index (χ4v) is 5.66. The number of hydrogen-bond donors (Lipinski definition) is 0. The molecule has 0 N–H and O–H groups in total. The Labute approximate surface area is 109 Å². The highest BCUT2D eigenvalue weighted by atomic mass is 16.6. The molecule has 18 heavy (non-hydrogen) atoms.